The van der Waals surface area contributed by atoms with Crippen LogP contribution in [0.5, 0.6) is 0 Å². The summed E-state index contributed by atoms with van der Waals surface area (Å²) in [6.07, 6.45) is -10.1. The van der Waals surface area contributed by atoms with Gasteiger partial charge in [-0.1, -0.05) is 26.0 Å². The van der Waals surface area contributed by atoms with Gasteiger partial charge in [-0.15, -0.1) is 0 Å². The molecule has 248 valence electrons. The van der Waals surface area contributed by atoms with Crippen molar-refractivity contribution in [1.29, 1.82) is 0 Å². The van der Waals surface area contributed by atoms with Crippen LogP contribution in [-0.4, -0.2) is 117 Å². The number of anilines is 1. The van der Waals surface area contributed by atoms with Gasteiger partial charge >= 0.3 is 11.9 Å². The molecule has 0 aliphatic carbocycles. The van der Waals surface area contributed by atoms with E-state index in [9.17, 15) is 47.9 Å². The molecule has 0 spiro atoms. The van der Waals surface area contributed by atoms with Crippen molar-refractivity contribution in [2.45, 2.75) is 75.5 Å². The number of carbonyl (C=O) groups is 2. The SMILES string of the molecule is CC(C)c1nc(N(C)S(C)(=O)=O)nc(-c2ccc(F)cc2)c1C=C[C@@H](O)C[C@@H](O)CC(=O)OC1OC(C(=O)O)[C@@H](O)[C@H](O)[C@H]1O. The van der Waals surface area contributed by atoms with Crippen molar-refractivity contribution in [3.8, 4) is 11.3 Å². The number of carboxylic acids is 1. The van der Waals surface area contributed by atoms with Gasteiger partial charge < -0.3 is 40.1 Å². The van der Waals surface area contributed by atoms with Crippen molar-refractivity contribution >= 4 is 34.0 Å². The number of aliphatic hydroxyl groups is 5. The monoisotopic (exact) mass is 657 g/mol. The summed E-state index contributed by atoms with van der Waals surface area (Å²) in [5, 5.41) is 59.7. The third kappa shape index (κ3) is 9.00. The Labute approximate surface area is 258 Å². The summed E-state index contributed by atoms with van der Waals surface area (Å²) < 4.78 is 48.7. The second kappa shape index (κ2) is 14.7. The lowest BCUT2D eigenvalue weighted by molar-refractivity contribution is -0.286. The van der Waals surface area contributed by atoms with Crippen molar-refractivity contribution in [2.75, 3.05) is 17.6 Å². The molecule has 2 unspecified atom stereocenters. The number of carboxylic acid groups (broad SMARTS) is 1. The molecule has 0 bridgehead atoms. The number of rotatable bonds is 12. The second-order valence-electron chi connectivity index (χ2n) is 10.8. The normalized spacial score (nSPS) is 23.6. The number of ether oxygens (including phenoxy) is 2. The standard InChI is InChI=1S/C28H36FN3O12S/c1-13(2)20-18(21(14-5-7-15(29)8-6-14)31-28(30-20)32(3)45(4,41)42)10-9-16(33)11-17(34)12-19(35)43-27-24(38)22(36)23(37)25(44-27)26(39)40/h5-10,13,16-17,22-25,27,33-34,36-38H,11-12H2,1-4H3,(H,39,40)/t16-,17-,22+,23+,24-,25?,27?/m1/s1. The molecule has 1 aliphatic rings. The molecule has 6 N–H and O–H groups in total. The van der Waals surface area contributed by atoms with E-state index in [1.54, 1.807) is 13.8 Å². The van der Waals surface area contributed by atoms with Gasteiger partial charge in [0.1, 0.15) is 24.1 Å². The number of halogens is 1. The summed E-state index contributed by atoms with van der Waals surface area (Å²) >= 11 is 0. The quantitative estimate of drug-likeness (QED) is 0.162. The largest absolute Gasteiger partial charge is 0.479 e. The Morgan fingerprint density at radius 3 is 2.27 bits per heavy atom. The summed E-state index contributed by atoms with van der Waals surface area (Å²) in [4.78, 5) is 32.4. The van der Waals surface area contributed by atoms with E-state index >= 15 is 0 Å². The van der Waals surface area contributed by atoms with Crippen LogP contribution in [-0.2, 0) is 29.1 Å². The van der Waals surface area contributed by atoms with Crippen LogP contribution < -0.4 is 4.31 Å². The lowest BCUT2D eigenvalue weighted by Crippen LogP contribution is -2.60. The topological polar surface area (TPSA) is 237 Å². The molecule has 0 amide bonds. The van der Waals surface area contributed by atoms with Crippen molar-refractivity contribution in [3.63, 3.8) is 0 Å². The van der Waals surface area contributed by atoms with Crippen LogP contribution in [0.1, 0.15) is 43.9 Å². The summed E-state index contributed by atoms with van der Waals surface area (Å²) in [6, 6.07) is 5.29. The van der Waals surface area contributed by atoms with Gasteiger partial charge in [-0.3, -0.25) is 4.79 Å². The molecular weight excluding hydrogens is 621 g/mol. The van der Waals surface area contributed by atoms with Crippen LogP contribution in [0.15, 0.2) is 30.3 Å². The number of hydrogen-bond donors (Lipinski definition) is 6. The number of aliphatic carboxylic acids is 1. The molecule has 17 heteroatoms. The second-order valence-corrected chi connectivity index (χ2v) is 12.8. The highest BCUT2D eigenvalue weighted by Gasteiger charge is 2.48. The summed E-state index contributed by atoms with van der Waals surface area (Å²) in [6.45, 7) is 3.60. The van der Waals surface area contributed by atoms with Crippen molar-refractivity contribution < 1.29 is 62.5 Å². The van der Waals surface area contributed by atoms with E-state index < -0.39 is 83.5 Å². The number of sulfonamides is 1. The molecule has 0 saturated carbocycles. The molecule has 45 heavy (non-hydrogen) atoms. The maximum Gasteiger partial charge on any atom is 0.335 e. The lowest BCUT2D eigenvalue weighted by atomic mass is 9.97. The zero-order chi connectivity index (χ0) is 33.8. The fraction of sp³-hybridized carbons (Fsp3) is 0.500. The number of hydrogen-bond acceptors (Lipinski definition) is 13. The van der Waals surface area contributed by atoms with E-state index in [4.69, 9.17) is 14.6 Å². The molecule has 0 radical (unpaired) electrons. The van der Waals surface area contributed by atoms with Gasteiger partial charge in [0.2, 0.25) is 22.3 Å². The molecule has 1 fully saturated rings. The Balaban J connectivity index is 1.80. The number of carbonyl (C=O) groups excluding carboxylic acids is 1. The molecule has 15 nitrogen and oxygen atoms in total. The maximum atomic E-state index is 13.7. The molecule has 1 saturated heterocycles. The molecular formula is C28H36FN3O12S. The highest BCUT2D eigenvalue weighted by atomic mass is 32.2. The molecule has 3 rings (SSSR count). The van der Waals surface area contributed by atoms with Gasteiger partial charge in [-0.2, -0.15) is 0 Å². The van der Waals surface area contributed by atoms with Gasteiger partial charge in [0.25, 0.3) is 0 Å². The first-order chi connectivity index (χ1) is 20.9. The summed E-state index contributed by atoms with van der Waals surface area (Å²) in [5.41, 5.74) is 1.45. The fourth-order valence-corrected chi connectivity index (χ4v) is 4.74. The predicted molar refractivity (Wildman–Crippen MR) is 155 cm³/mol. The lowest BCUT2D eigenvalue weighted by Gasteiger charge is -2.38. The third-order valence-corrected chi connectivity index (χ3v) is 8.03. The van der Waals surface area contributed by atoms with Gasteiger partial charge in [0, 0.05) is 24.6 Å². The Kier molecular flexibility index (Phi) is 11.7. The Morgan fingerprint density at radius 1 is 1.09 bits per heavy atom. The first kappa shape index (κ1) is 35.9. The van der Waals surface area contributed by atoms with Crippen molar-refractivity contribution in [3.05, 3.63) is 47.4 Å². The van der Waals surface area contributed by atoms with Crippen LogP contribution in [0.2, 0.25) is 0 Å². The minimum atomic E-state index is -3.74. The Morgan fingerprint density at radius 2 is 1.71 bits per heavy atom. The van der Waals surface area contributed by atoms with Crippen LogP contribution in [0, 0.1) is 5.82 Å². The first-order valence-corrected chi connectivity index (χ1v) is 15.5. The Hall–Kier alpha value is -3.58. The molecule has 2 heterocycles. The van der Waals surface area contributed by atoms with Crippen LogP contribution >= 0.6 is 0 Å². The average Bonchev–Trinajstić information content (AvgIpc) is 2.95. The molecule has 7 atom stereocenters. The Bertz CT molecular complexity index is 1500. The average molecular weight is 658 g/mol. The molecule has 1 aromatic carbocycles. The van der Waals surface area contributed by atoms with Gasteiger partial charge in [0.15, 0.2) is 6.10 Å². The molecule has 2 aromatic rings. The van der Waals surface area contributed by atoms with E-state index in [1.165, 1.54) is 43.5 Å². The predicted octanol–water partition coefficient (Wildman–Crippen LogP) is -0.247. The fourth-order valence-electron chi connectivity index (χ4n) is 4.36. The van der Waals surface area contributed by atoms with Gasteiger partial charge in [-0.05, 0) is 30.2 Å². The number of aliphatic hydroxyl groups excluding tert-OH is 5. The molecule has 1 aliphatic heterocycles. The zero-order valence-electron chi connectivity index (χ0n) is 24.8. The van der Waals surface area contributed by atoms with E-state index in [2.05, 4.69) is 9.97 Å². The minimum Gasteiger partial charge on any atom is -0.479 e. The first-order valence-electron chi connectivity index (χ1n) is 13.7. The van der Waals surface area contributed by atoms with Crippen LogP contribution in [0.3, 0.4) is 0 Å². The van der Waals surface area contributed by atoms with Gasteiger partial charge in [-0.25, -0.2) is 31.9 Å². The summed E-state index contributed by atoms with van der Waals surface area (Å²) in [7, 11) is -2.45. The molecule has 1 aromatic heterocycles. The number of nitrogens with zero attached hydrogens (tertiary/aromatic N) is 3. The summed E-state index contributed by atoms with van der Waals surface area (Å²) in [5.74, 6) is -3.74. The van der Waals surface area contributed by atoms with E-state index in [1.807, 2.05) is 0 Å². The van der Waals surface area contributed by atoms with Gasteiger partial charge in [0.05, 0.1) is 36.3 Å². The smallest absolute Gasteiger partial charge is 0.335 e. The third-order valence-electron chi connectivity index (χ3n) is 6.87. The van der Waals surface area contributed by atoms with Crippen molar-refractivity contribution in [1.82, 2.24) is 9.97 Å². The van der Waals surface area contributed by atoms with Crippen LogP contribution in [0.25, 0.3) is 17.3 Å². The number of esters is 1. The highest BCUT2D eigenvalue weighted by Crippen LogP contribution is 2.32. The highest BCUT2D eigenvalue weighted by molar-refractivity contribution is 7.92. The van der Waals surface area contributed by atoms with E-state index in [0.29, 0.717) is 16.8 Å². The van der Waals surface area contributed by atoms with Crippen molar-refractivity contribution in [2.24, 2.45) is 0 Å². The number of aromatic nitrogens is 2. The minimum absolute atomic E-state index is 0.129. The van der Waals surface area contributed by atoms with E-state index in [-0.39, 0.29) is 17.6 Å². The zero-order valence-corrected chi connectivity index (χ0v) is 25.6. The number of benzene rings is 1. The van der Waals surface area contributed by atoms with Crippen LogP contribution in [0.4, 0.5) is 10.3 Å². The maximum absolute atomic E-state index is 13.7. The van der Waals surface area contributed by atoms with E-state index in [0.717, 1.165) is 10.6 Å².